The molecule has 0 aromatic carbocycles. The Morgan fingerprint density at radius 2 is 2.06 bits per heavy atom. The quantitative estimate of drug-likeness (QED) is 0.848. The Balaban J connectivity index is 2.05. The van der Waals surface area contributed by atoms with E-state index >= 15 is 0 Å². The highest BCUT2D eigenvalue weighted by Crippen LogP contribution is 2.33. The van der Waals surface area contributed by atoms with Crippen molar-refractivity contribution in [2.24, 2.45) is 11.7 Å². The molecule has 5 nitrogen and oxygen atoms in total. The molecule has 16 heavy (non-hydrogen) atoms. The fraction of sp³-hybridized carbons (Fsp3) is 0.909. The van der Waals surface area contributed by atoms with Crippen LogP contribution in [0, 0.1) is 5.92 Å². The van der Waals surface area contributed by atoms with Crippen molar-refractivity contribution in [1.29, 1.82) is 0 Å². The van der Waals surface area contributed by atoms with Crippen LogP contribution in [0.15, 0.2) is 0 Å². The Labute approximate surface area is 96.4 Å². The van der Waals surface area contributed by atoms with Crippen molar-refractivity contribution in [3.63, 3.8) is 0 Å². The van der Waals surface area contributed by atoms with Gasteiger partial charge in [0, 0.05) is 0 Å². The minimum absolute atomic E-state index is 0.0844. The van der Waals surface area contributed by atoms with Gasteiger partial charge in [0.1, 0.15) is 0 Å². The van der Waals surface area contributed by atoms with Gasteiger partial charge in [-0.15, -0.1) is 5.10 Å². The summed E-state index contributed by atoms with van der Waals surface area (Å²) in [6, 6.07) is 0.373. The first-order valence-electron chi connectivity index (χ1n) is 6.25. The molecule has 1 fully saturated rings. The van der Waals surface area contributed by atoms with Gasteiger partial charge in [-0.05, 0) is 49.0 Å². The summed E-state index contributed by atoms with van der Waals surface area (Å²) in [7, 11) is 0. The summed E-state index contributed by atoms with van der Waals surface area (Å²) < 4.78 is 1.94. The van der Waals surface area contributed by atoms with Crippen molar-refractivity contribution in [2.45, 2.75) is 58.0 Å². The first kappa shape index (κ1) is 11.5. The number of nitrogens with zero attached hydrogens (tertiary/aromatic N) is 4. The second-order valence-corrected chi connectivity index (χ2v) is 4.85. The molecular weight excluding hydrogens is 202 g/mol. The van der Waals surface area contributed by atoms with Crippen LogP contribution in [0.3, 0.4) is 0 Å². The molecule has 1 aromatic rings. The van der Waals surface area contributed by atoms with Crippen LogP contribution < -0.4 is 5.73 Å². The zero-order valence-electron chi connectivity index (χ0n) is 10.1. The maximum atomic E-state index is 5.86. The summed E-state index contributed by atoms with van der Waals surface area (Å²) in [5, 5.41) is 11.8. The number of hydrogen-bond donors (Lipinski definition) is 1. The molecule has 0 radical (unpaired) electrons. The normalized spacial score (nSPS) is 27.9. The third-order valence-corrected chi connectivity index (χ3v) is 3.67. The molecule has 1 unspecified atom stereocenters. The highest BCUT2D eigenvalue weighted by molar-refractivity contribution is 4.91. The lowest BCUT2D eigenvalue weighted by Crippen LogP contribution is -2.23. The minimum atomic E-state index is -0.0844. The Bertz CT molecular complexity index is 325. The average molecular weight is 223 g/mol. The topological polar surface area (TPSA) is 69.6 Å². The zero-order valence-corrected chi connectivity index (χ0v) is 10.1. The molecule has 2 N–H and O–H groups in total. The zero-order chi connectivity index (χ0) is 11.5. The largest absolute Gasteiger partial charge is 0.322 e. The molecule has 1 saturated carbocycles. The molecule has 1 heterocycles. The Hall–Kier alpha value is -0.970. The third-order valence-electron chi connectivity index (χ3n) is 3.67. The van der Waals surface area contributed by atoms with Gasteiger partial charge in [-0.2, -0.15) is 0 Å². The van der Waals surface area contributed by atoms with Gasteiger partial charge in [-0.1, -0.05) is 13.3 Å². The molecule has 0 spiro atoms. The van der Waals surface area contributed by atoms with Crippen LogP contribution in [0.4, 0.5) is 0 Å². The van der Waals surface area contributed by atoms with Crippen LogP contribution in [0.1, 0.15) is 63.9 Å². The third kappa shape index (κ3) is 2.24. The van der Waals surface area contributed by atoms with E-state index in [4.69, 9.17) is 5.73 Å². The minimum Gasteiger partial charge on any atom is -0.322 e. The predicted octanol–water partition coefficient (Wildman–Crippen LogP) is 1.83. The van der Waals surface area contributed by atoms with Crippen LogP contribution in [0.5, 0.6) is 0 Å². The smallest absolute Gasteiger partial charge is 0.167 e. The second kappa shape index (κ2) is 4.91. The van der Waals surface area contributed by atoms with Gasteiger partial charge < -0.3 is 5.73 Å². The highest BCUT2D eigenvalue weighted by atomic mass is 15.6. The molecular formula is C11H21N5. The van der Waals surface area contributed by atoms with Gasteiger partial charge >= 0.3 is 0 Å². The summed E-state index contributed by atoms with van der Waals surface area (Å²) in [5.41, 5.74) is 5.86. The molecule has 2 rings (SSSR count). The van der Waals surface area contributed by atoms with Crippen LogP contribution in [0.25, 0.3) is 0 Å². The highest BCUT2D eigenvalue weighted by Gasteiger charge is 2.25. The van der Waals surface area contributed by atoms with Gasteiger partial charge in [-0.3, -0.25) is 0 Å². The number of aromatic nitrogens is 4. The van der Waals surface area contributed by atoms with Crippen molar-refractivity contribution in [3.8, 4) is 0 Å². The van der Waals surface area contributed by atoms with E-state index in [2.05, 4.69) is 22.4 Å². The second-order valence-electron chi connectivity index (χ2n) is 4.85. The summed E-state index contributed by atoms with van der Waals surface area (Å²) >= 11 is 0. The molecule has 0 saturated heterocycles. The molecule has 0 bridgehead atoms. The van der Waals surface area contributed by atoms with Crippen LogP contribution in [-0.2, 0) is 0 Å². The van der Waals surface area contributed by atoms with Gasteiger partial charge in [0.25, 0.3) is 0 Å². The molecule has 0 aliphatic heterocycles. The van der Waals surface area contributed by atoms with E-state index < -0.39 is 0 Å². The number of hydrogen-bond acceptors (Lipinski definition) is 4. The van der Waals surface area contributed by atoms with E-state index in [0.29, 0.717) is 6.04 Å². The SMILES string of the molecule is CCC1CCC(n2nnnc2C(C)N)CC1. The maximum absolute atomic E-state index is 5.86. The summed E-state index contributed by atoms with van der Waals surface area (Å²) in [6.07, 6.45) is 6.24. The van der Waals surface area contributed by atoms with Crippen LogP contribution >= 0.6 is 0 Å². The van der Waals surface area contributed by atoms with Crippen molar-refractivity contribution in [2.75, 3.05) is 0 Å². The van der Waals surface area contributed by atoms with E-state index in [1.807, 2.05) is 11.6 Å². The molecule has 5 heteroatoms. The number of rotatable bonds is 3. The summed E-state index contributed by atoms with van der Waals surface area (Å²) in [5.74, 6) is 1.71. The Morgan fingerprint density at radius 3 is 2.62 bits per heavy atom. The molecule has 1 atom stereocenters. The monoisotopic (exact) mass is 223 g/mol. The Morgan fingerprint density at radius 1 is 1.38 bits per heavy atom. The number of tetrazole rings is 1. The standard InChI is InChI=1S/C11H21N5/c1-3-9-4-6-10(7-5-9)16-11(8(2)12)13-14-15-16/h8-10H,3-7,12H2,1-2H3. The fourth-order valence-corrected chi connectivity index (χ4v) is 2.56. The lowest BCUT2D eigenvalue weighted by molar-refractivity contribution is 0.248. The van der Waals surface area contributed by atoms with Crippen molar-refractivity contribution in [1.82, 2.24) is 20.2 Å². The lowest BCUT2D eigenvalue weighted by atomic mass is 9.84. The maximum Gasteiger partial charge on any atom is 0.167 e. The predicted molar refractivity (Wildman–Crippen MR) is 61.7 cm³/mol. The van der Waals surface area contributed by atoms with Crippen LogP contribution in [0.2, 0.25) is 0 Å². The average Bonchev–Trinajstić information content (AvgIpc) is 2.78. The molecule has 1 aliphatic rings. The fourth-order valence-electron chi connectivity index (χ4n) is 2.56. The first-order valence-corrected chi connectivity index (χ1v) is 6.25. The Kier molecular flexibility index (Phi) is 3.53. The van der Waals surface area contributed by atoms with E-state index in [1.165, 1.54) is 32.1 Å². The van der Waals surface area contributed by atoms with Crippen molar-refractivity contribution >= 4 is 0 Å². The number of nitrogens with two attached hydrogens (primary N) is 1. The van der Waals surface area contributed by atoms with E-state index in [0.717, 1.165) is 11.7 Å². The van der Waals surface area contributed by atoms with E-state index in [-0.39, 0.29) is 6.04 Å². The molecule has 1 aliphatic carbocycles. The molecule has 90 valence electrons. The van der Waals surface area contributed by atoms with Gasteiger partial charge in [-0.25, -0.2) is 4.68 Å². The first-order chi connectivity index (χ1) is 7.72. The van der Waals surface area contributed by atoms with Gasteiger partial charge in [0.2, 0.25) is 0 Å². The van der Waals surface area contributed by atoms with E-state index in [9.17, 15) is 0 Å². The van der Waals surface area contributed by atoms with Gasteiger partial charge in [0.05, 0.1) is 12.1 Å². The summed E-state index contributed by atoms with van der Waals surface area (Å²) in [4.78, 5) is 0. The van der Waals surface area contributed by atoms with Crippen molar-refractivity contribution < 1.29 is 0 Å². The summed E-state index contributed by atoms with van der Waals surface area (Å²) in [6.45, 7) is 4.20. The molecule has 1 aromatic heterocycles. The van der Waals surface area contributed by atoms with Gasteiger partial charge in [0.15, 0.2) is 5.82 Å². The van der Waals surface area contributed by atoms with Crippen molar-refractivity contribution in [3.05, 3.63) is 5.82 Å². The van der Waals surface area contributed by atoms with E-state index in [1.54, 1.807) is 0 Å². The lowest BCUT2D eigenvalue weighted by Gasteiger charge is -2.28. The van der Waals surface area contributed by atoms with Crippen LogP contribution in [-0.4, -0.2) is 20.2 Å². The molecule has 0 amide bonds.